The van der Waals surface area contributed by atoms with Gasteiger partial charge in [-0.2, -0.15) is 13.1 Å². The summed E-state index contributed by atoms with van der Waals surface area (Å²) in [6, 6.07) is 9.72. The number of hydrogen-bond acceptors (Lipinski definition) is 6. The third kappa shape index (κ3) is 4.73. The number of alkyl halides is 2. The van der Waals surface area contributed by atoms with Gasteiger partial charge in [-0.25, -0.2) is 8.42 Å². The van der Waals surface area contributed by atoms with Crippen molar-refractivity contribution in [2.24, 2.45) is 4.99 Å². The summed E-state index contributed by atoms with van der Waals surface area (Å²) < 4.78 is 64.0. The van der Waals surface area contributed by atoms with E-state index in [-0.39, 0.29) is 28.4 Å². The van der Waals surface area contributed by atoms with Crippen LogP contribution in [0.3, 0.4) is 0 Å². The molecule has 3 aliphatic rings. The molecule has 0 radical (unpaired) electrons. The van der Waals surface area contributed by atoms with E-state index in [4.69, 9.17) is 14.5 Å². The molecule has 0 aromatic heterocycles. The van der Waals surface area contributed by atoms with Gasteiger partial charge in [-0.05, 0) is 61.9 Å². The van der Waals surface area contributed by atoms with Crippen LogP contribution in [0.4, 0.5) is 8.78 Å². The minimum Gasteiger partial charge on any atom is -0.493 e. The van der Waals surface area contributed by atoms with Crippen LogP contribution in [0.15, 0.2) is 46.3 Å². The molecule has 1 N–H and O–H groups in total. The van der Waals surface area contributed by atoms with E-state index in [0.717, 1.165) is 24.8 Å². The second-order valence-corrected chi connectivity index (χ2v) is 11.5. The van der Waals surface area contributed by atoms with E-state index in [0.29, 0.717) is 49.2 Å². The number of aliphatic hydroxyl groups excluding tert-OH is 1. The van der Waals surface area contributed by atoms with Crippen LogP contribution in [0.5, 0.6) is 11.5 Å². The summed E-state index contributed by atoms with van der Waals surface area (Å²) >= 11 is 0. The highest BCUT2D eigenvalue weighted by molar-refractivity contribution is 7.89. The monoisotopic (exact) mass is 520 g/mol. The molecular formula is C26H30F2N2O5S. The van der Waals surface area contributed by atoms with Gasteiger partial charge in [0.1, 0.15) is 0 Å². The predicted molar refractivity (Wildman–Crippen MR) is 131 cm³/mol. The van der Waals surface area contributed by atoms with Gasteiger partial charge in [0.25, 0.3) is 0 Å². The minimum absolute atomic E-state index is 0.0826. The third-order valence-corrected chi connectivity index (χ3v) is 9.28. The largest absolute Gasteiger partial charge is 0.493 e. The Hall–Kier alpha value is -2.56. The number of aliphatic imine (C=N–C) groups is 1. The maximum Gasteiger partial charge on any atom is 0.387 e. The lowest BCUT2D eigenvalue weighted by Gasteiger charge is -2.37. The molecule has 0 bridgehead atoms. The molecule has 5 rings (SSSR count). The summed E-state index contributed by atoms with van der Waals surface area (Å²) in [6.07, 6.45) is 4.12. The lowest BCUT2D eigenvalue weighted by Crippen LogP contribution is -2.35. The summed E-state index contributed by atoms with van der Waals surface area (Å²) in [6.45, 7) is -1.98. The molecule has 2 fully saturated rings. The van der Waals surface area contributed by atoms with Crippen molar-refractivity contribution in [2.45, 2.75) is 68.1 Å². The Morgan fingerprint density at radius 2 is 1.78 bits per heavy atom. The molecule has 36 heavy (non-hydrogen) atoms. The highest BCUT2D eigenvalue weighted by Gasteiger charge is 2.37. The number of halogens is 2. The predicted octanol–water partition coefficient (Wildman–Crippen LogP) is 4.32. The second-order valence-electron chi connectivity index (χ2n) is 9.58. The quantitative estimate of drug-likeness (QED) is 0.613. The number of hydrogen-bond donors (Lipinski definition) is 1. The van der Waals surface area contributed by atoms with Crippen LogP contribution in [-0.4, -0.2) is 62.5 Å². The number of fused-ring (bicyclic) bond motifs is 3. The van der Waals surface area contributed by atoms with E-state index in [2.05, 4.69) is 0 Å². The molecule has 1 aliphatic carbocycles. The number of nitrogens with zero attached hydrogens (tertiary/aromatic N) is 2. The van der Waals surface area contributed by atoms with Crippen LogP contribution in [0, 0.1) is 0 Å². The molecule has 2 aliphatic heterocycles. The Morgan fingerprint density at radius 1 is 1.06 bits per heavy atom. The van der Waals surface area contributed by atoms with Gasteiger partial charge in [-0.15, -0.1) is 0 Å². The fourth-order valence-electron chi connectivity index (χ4n) is 5.56. The number of ether oxygens (including phenoxy) is 2. The van der Waals surface area contributed by atoms with Crippen LogP contribution in [0.25, 0.3) is 0 Å². The number of sulfonamides is 1. The van der Waals surface area contributed by atoms with Crippen molar-refractivity contribution in [1.29, 1.82) is 0 Å². The van der Waals surface area contributed by atoms with Crippen LogP contribution in [0.2, 0.25) is 0 Å². The summed E-state index contributed by atoms with van der Waals surface area (Å²) in [5.74, 6) is 0.0101. The molecule has 3 atom stereocenters. The van der Waals surface area contributed by atoms with E-state index >= 15 is 0 Å². The van der Waals surface area contributed by atoms with E-state index < -0.39 is 22.7 Å². The van der Waals surface area contributed by atoms with Gasteiger partial charge in [0.2, 0.25) is 10.0 Å². The third-order valence-electron chi connectivity index (χ3n) is 7.37. The molecule has 2 heterocycles. The molecule has 1 saturated carbocycles. The first-order valence-electron chi connectivity index (χ1n) is 12.3. The summed E-state index contributed by atoms with van der Waals surface area (Å²) in [7, 11) is -2.18. The Labute approximate surface area is 209 Å². The molecule has 3 unspecified atom stereocenters. The Kier molecular flexibility index (Phi) is 7.02. The topological polar surface area (TPSA) is 88.4 Å². The molecule has 2 aromatic rings. The summed E-state index contributed by atoms with van der Waals surface area (Å²) in [4.78, 5) is 5.19. The van der Waals surface area contributed by atoms with Crippen molar-refractivity contribution >= 4 is 15.7 Å². The average molecular weight is 521 g/mol. The molecule has 194 valence electrons. The van der Waals surface area contributed by atoms with Crippen LogP contribution in [-0.2, 0) is 10.0 Å². The zero-order valence-electron chi connectivity index (χ0n) is 20.1. The van der Waals surface area contributed by atoms with Crippen molar-refractivity contribution in [1.82, 2.24) is 4.31 Å². The highest BCUT2D eigenvalue weighted by atomic mass is 32.2. The van der Waals surface area contributed by atoms with Crippen LogP contribution >= 0.6 is 0 Å². The van der Waals surface area contributed by atoms with Gasteiger partial charge in [0.05, 0.1) is 29.9 Å². The van der Waals surface area contributed by atoms with Crippen molar-refractivity contribution in [2.75, 3.05) is 20.2 Å². The Morgan fingerprint density at radius 3 is 2.44 bits per heavy atom. The molecule has 7 nitrogen and oxygen atoms in total. The molecule has 10 heteroatoms. The molecule has 1 saturated heterocycles. The average Bonchev–Trinajstić information content (AvgIpc) is 2.88. The number of aliphatic hydroxyl groups is 1. The van der Waals surface area contributed by atoms with Gasteiger partial charge in [-0.1, -0.05) is 18.6 Å². The fraction of sp³-hybridized carbons (Fsp3) is 0.500. The lowest BCUT2D eigenvalue weighted by molar-refractivity contribution is -0.0512. The van der Waals surface area contributed by atoms with E-state index in [9.17, 15) is 22.3 Å². The summed E-state index contributed by atoms with van der Waals surface area (Å²) in [5.41, 5.74) is 2.75. The standard InChI is InChI=1S/C26H30F2N2O5S/c1-34-23-14-19-20-13-17(31)7-10-22(20)29-25(21(19)15-24(23)35-26(27)28)16-5-8-18(9-6-16)36(32,33)30-11-3-2-4-12-30/h5-6,8-9,14-15,17,20,22,26,31H,2-4,7,10-13H2,1H3. The van der Waals surface area contributed by atoms with Gasteiger partial charge in [0, 0.05) is 30.1 Å². The fourth-order valence-corrected chi connectivity index (χ4v) is 7.08. The maximum absolute atomic E-state index is 13.1. The normalized spacial score (nSPS) is 24.6. The first-order valence-corrected chi connectivity index (χ1v) is 13.8. The number of rotatable bonds is 6. The first-order chi connectivity index (χ1) is 17.3. The van der Waals surface area contributed by atoms with Gasteiger partial charge in [-0.3, -0.25) is 4.99 Å². The Bertz CT molecular complexity index is 1240. The lowest BCUT2D eigenvalue weighted by atomic mass is 9.74. The van der Waals surface area contributed by atoms with Crippen LogP contribution < -0.4 is 9.47 Å². The van der Waals surface area contributed by atoms with Crippen molar-refractivity contribution < 1.29 is 31.8 Å². The Balaban J connectivity index is 1.55. The smallest absolute Gasteiger partial charge is 0.387 e. The van der Waals surface area contributed by atoms with Crippen molar-refractivity contribution in [3.63, 3.8) is 0 Å². The van der Waals surface area contributed by atoms with Crippen LogP contribution in [0.1, 0.15) is 61.1 Å². The van der Waals surface area contributed by atoms with E-state index in [1.807, 2.05) is 0 Å². The highest BCUT2D eigenvalue weighted by Crippen LogP contribution is 2.45. The zero-order valence-corrected chi connectivity index (χ0v) is 20.9. The maximum atomic E-state index is 13.1. The van der Waals surface area contributed by atoms with Gasteiger partial charge >= 0.3 is 6.61 Å². The number of methoxy groups -OCH3 is 1. The minimum atomic E-state index is -3.58. The second kappa shape index (κ2) is 10.1. The molecule has 0 spiro atoms. The molecule has 0 amide bonds. The van der Waals surface area contributed by atoms with E-state index in [1.54, 1.807) is 30.3 Å². The summed E-state index contributed by atoms with van der Waals surface area (Å²) in [5, 5.41) is 10.3. The molecule has 2 aromatic carbocycles. The zero-order chi connectivity index (χ0) is 25.4. The van der Waals surface area contributed by atoms with Gasteiger partial charge < -0.3 is 14.6 Å². The van der Waals surface area contributed by atoms with E-state index in [1.165, 1.54) is 17.5 Å². The van der Waals surface area contributed by atoms with Crippen molar-refractivity contribution in [3.8, 4) is 11.5 Å². The number of piperidine rings is 1. The first kappa shape index (κ1) is 25.1. The van der Waals surface area contributed by atoms with Gasteiger partial charge in [0.15, 0.2) is 11.5 Å². The van der Waals surface area contributed by atoms with Crippen molar-refractivity contribution in [3.05, 3.63) is 53.1 Å². The SMILES string of the molecule is COc1cc2c(cc1OC(F)F)C(c1ccc(S(=O)(=O)N3CCCCC3)cc1)=NC1CCC(O)CC21. The number of benzene rings is 2. The molecular weight excluding hydrogens is 490 g/mol.